The van der Waals surface area contributed by atoms with Crippen molar-refractivity contribution >= 4 is 65.6 Å². The molecule has 1 aliphatic rings. The summed E-state index contributed by atoms with van der Waals surface area (Å²) in [4.78, 5) is 22.6. The fourth-order valence-electron chi connectivity index (χ4n) is 4.47. The lowest BCUT2D eigenvalue weighted by Gasteiger charge is -2.33. The van der Waals surface area contributed by atoms with Crippen molar-refractivity contribution in [2.45, 2.75) is 37.3 Å². The number of carbonyl (C=O) groups is 1. The topological polar surface area (TPSA) is 73.8 Å². The molecule has 0 bridgehead atoms. The van der Waals surface area contributed by atoms with Gasteiger partial charge in [0.15, 0.2) is 5.13 Å². The van der Waals surface area contributed by atoms with Crippen LogP contribution >= 0.6 is 34.3 Å². The number of hydrogen-bond donors (Lipinski definition) is 0. The Morgan fingerprint density at radius 3 is 2.66 bits per heavy atom. The minimum absolute atomic E-state index is 0.0544. The second-order valence-corrected chi connectivity index (χ2v) is 14.2. The van der Waals surface area contributed by atoms with Gasteiger partial charge in [0.2, 0.25) is 5.91 Å². The third-order valence-corrected chi connectivity index (χ3v) is 11.0. The Morgan fingerprint density at radius 2 is 1.97 bits per heavy atom. The number of halogens is 1. The first-order chi connectivity index (χ1) is 16.6. The van der Waals surface area contributed by atoms with Crippen LogP contribution < -0.4 is 4.90 Å². The van der Waals surface area contributed by atoms with E-state index in [-0.39, 0.29) is 16.7 Å². The summed E-state index contributed by atoms with van der Waals surface area (Å²) in [5, 5.41) is 0.683. The van der Waals surface area contributed by atoms with E-state index < -0.39 is 15.9 Å². The summed E-state index contributed by atoms with van der Waals surface area (Å²) in [6.07, 6.45) is 2.09. The number of carbonyl (C=O) groups excluding carboxylic acids is 1. The summed E-state index contributed by atoms with van der Waals surface area (Å²) in [5.74, 6) is -0.468. The molecule has 0 spiro atoms. The van der Waals surface area contributed by atoms with Crippen LogP contribution in [0.15, 0.2) is 28.5 Å². The predicted molar refractivity (Wildman–Crippen MR) is 145 cm³/mol. The Hall–Kier alpha value is -1.56. The lowest BCUT2D eigenvalue weighted by molar-refractivity contribution is -0.123. The SMILES string of the molecule is Cc1cc(C)c2sc(N(CCCN(C)C)C(=O)C3CCCN(S(=O)(=O)c4ccc(Cl)s4)C3)nc2c1. The average molecular weight is 555 g/mol. The molecule has 35 heavy (non-hydrogen) atoms. The van der Waals surface area contributed by atoms with E-state index in [9.17, 15) is 13.2 Å². The van der Waals surface area contributed by atoms with Crippen molar-refractivity contribution < 1.29 is 13.2 Å². The molecular weight excluding hydrogens is 524 g/mol. The molecule has 1 aromatic carbocycles. The molecule has 2 aromatic heterocycles. The van der Waals surface area contributed by atoms with Crippen LogP contribution in [-0.4, -0.2) is 68.8 Å². The highest BCUT2D eigenvalue weighted by molar-refractivity contribution is 7.91. The highest BCUT2D eigenvalue weighted by atomic mass is 35.5. The zero-order valence-electron chi connectivity index (χ0n) is 20.5. The molecule has 1 fully saturated rings. The van der Waals surface area contributed by atoms with E-state index in [4.69, 9.17) is 16.6 Å². The number of aromatic nitrogens is 1. The Labute approximate surface area is 220 Å². The fraction of sp³-hybridized carbons (Fsp3) is 0.500. The van der Waals surface area contributed by atoms with Gasteiger partial charge < -0.3 is 4.90 Å². The van der Waals surface area contributed by atoms with Crippen LogP contribution in [0, 0.1) is 19.8 Å². The fourth-order valence-corrected chi connectivity index (χ4v) is 8.68. The Bertz CT molecular complexity index is 1320. The molecule has 1 atom stereocenters. The largest absolute Gasteiger partial charge is 0.309 e. The second-order valence-electron chi connectivity index (χ2n) is 9.33. The molecule has 1 unspecified atom stereocenters. The minimum atomic E-state index is -3.68. The highest BCUT2D eigenvalue weighted by Crippen LogP contribution is 2.35. The summed E-state index contributed by atoms with van der Waals surface area (Å²) >= 11 is 8.56. The third-order valence-electron chi connectivity index (χ3n) is 6.17. The average Bonchev–Trinajstić information content (AvgIpc) is 3.43. The van der Waals surface area contributed by atoms with Crippen molar-refractivity contribution in [2.75, 3.05) is 45.2 Å². The van der Waals surface area contributed by atoms with Gasteiger partial charge in [-0.15, -0.1) is 11.3 Å². The number of piperidine rings is 1. The standard InChI is InChI=1S/C24H31ClN4O3S3/c1-16-13-17(2)22-19(14-16)26-24(34-22)29(12-6-10-27(3)4)23(30)18-7-5-11-28(15-18)35(31,32)21-9-8-20(25)33-21/h8-9,13-14,18H,5-7,10-12,15H2,1-4H3. The summed E-state index contributed by atoms with van der Waals surface area (Å²) in [5.41, 5.74) is 3.18. The molecule has 1 aliphatic heterocycles. The molecule has 0 radical (unpaired) electrons. The van der Waals surface area contributed by atoms with Gasteiger partial charge in [0.1, 0.15) is 4.21 Å². The van der Waals surface area contributed by atoms with Gasteiger partial charge in [-0.05, 0) is 83.1 Å². The number of anilines is 1. The Balaban J connectivity index is 1.60. The van der Waals surface area contributed by atoms with E-state index >= 15 is 0 Å². The maximum Gasteiger partial charge on any atom is 0.252 e. The van der Waals surface area contributed by atoms with E-state index in [2.05, 4.69) is 17.9 Å². The number of amides is 1. The number of fused-ring (bicyclic) bond motifs is 1. The van der Waals surface area contributed by atoms with Crippen molar-refractivity contribution in [3.8, 4) is 0 Å². The van der Waals surface area contributed by atoms with Crippen LogP contribution in [0.2, 0.25) is 4.34 Å². The van der Waals surface area contributed by atoms with Gasteiger partial charge in [-0.25, -0.2) is 13.4 Å². The number of benzene rings is 1. The lowest BCUT2D eigenvalue weighted by atomic mass is 9.98. The van der Waals surface area contributed by atoms with Crippen molar-refractivity contribution in [3.05, 3.63) is 39.7 Å². The zero-order valence-corrected chi connectivity index (χ0v) is 23.7. The van der Waals surface area contributed by atoms with E-state index in [1.54, 1.807) is 11.0 Å². The normalized spacial score (nSPS) is 17.4. The predicted octanol–water partition coefficient (Wildman–Crippen LogP) is 5.01. The molecule has 3 heterocycles. The van der Waals surface area contributed by atoms with Crippen molar-refractivity contribution in [1.82, 2.24) is 14.2 Å². The van der Waals surface area contributed by atoms with Crippen LogP contribution in [0.5, 0.6) is 0 Å². The van der Waals surface area contributed by atoms with Gasteiger partial charge in [0, 0.05) is 19.6 Å². The summed E-state index contributed by atoms with van der Waals surface area (Å²) in [6, 6.07) is 7.30. The third kappa shape index (κ3) is 5.89. The van der Waals surface area contributed by atoms with Gasteiger partial charge in [0.25, 0.3) is 10.0 Å². The minimum Gasteiger partial charge on any atom is -0.309 e. The number of nitrogens with zero attached hydrogens (tertiary/aromatic N) is 4. The molecule has 1 amide bonds. The lowest BCUT2D eigenvalue weighted by Crippen LogP contribution is -2.47. The molecule has 0 saturated carbocycles. The first-order valence-electron chi connectivity index (χ1n) is 11.7. The van der Waals surface area contributed by atoms with E-state index in [0.717, 1.165) is 45.6 Å². The number of aryl methyl sites for hydroxylation is 2. The molecule has 0 N–H and O–H groups in total. The van der Waals surface area contributed by atoms with E-state index in [1.165, 1.54) is 21.7 Å². The van der Waals surface area contributed by atoms with Crippen LogP contribution in [0.3, 0.4) is 0 Å². The molecular formula is C24H31ClN4O3S3. The number of thiazole rings is 1. The Morgan fingerprint density at radius 1 is 1.20 bits per heavy atom. The smallest absolute Gasteiger partial charge is 0.252 e. The number of hydrogen-bond acceptors (Lipinski definition) is 7. The summed E-state index contributed by atoms with van der Waals surface area (Å²) in [6.45, 7) is 6.07. The molecule has 190 valence electrons. The second kappa shape index (κ2) is 10.8. The molecule has 7 nitrogen and oxygen atoms in total. The molecule has 3 aromatic rings. The quantitative estimate of drug-likeness (QED) is 0.391. The Kier molecular flexibility index (Phi) is 8.19. The van der Waals surface area contributed by atoms with Gasteiger partial charge in [-0.3, -0.25) is 9.69 Å². The van der Waals surface area contributed by atoms with Crippen LogP contribution in [0.25, 0.3) is 10.2 Å². The van der Waals surface area contributed by atoms with E-state index in [0.29, 0.717) is 35.4 Å². The van der Waals surface area contributed by atoms with Crippen LogP contribution in [0.1, 0.15) is 30.4 Å². The highest BCUT2D eigenvalue weighted by Gasteiger charge is 2.36. The van der Waals surface area contributed by atoms with Crippen LogP contribution in [0.4, 0.5) is 5.13 Å². The van der Waals surface area contributed by atoms with Crippen molar-refractivity contribution in [1.29, 1.82) is 0 Å². The first-order valence-corrected chi connectivity index (χ1v) is 15.1. The maximum atomic E-state index is 13.9. The monoisotopic (exact) mass is 554 g/mol. The van der Waals surface area contributed by atoms with Gasteiger partial charge in [0.05, 0.1) is 20.5 Å². The van der Waals surface area contributed by atoms with Gasteiger partial charge in [-0.2, -0.15) is 4.31 Å². The maximum absolute atomic E-state index is 13.9. The zero-order chi connectivity index (χ0) is 25.3. The van der Waals surface area contributed by atoms with E-state index in [1.807, 2.05) is 27.1 Å². The summed E-state index contributed by atoms with van der Waals surface area (Å²) < 4.78 is 29.5. The number of thiophene rings is 1. The van der Waals surface area contributed by atoms with Gasteiger partial charge in [-0.1, -0.05) is 29.0 Å². The van der Waals surface area contributed by atoms with Crippen molar-refractivity contribution in [3.63, 3.8) is 0 Å². The van der Waals surface area contributed by atoms with Gasteiger partial charge >= 0.3 is 0 Å². The number of rotatable bonds is 8. The molecule has 11 heteroatoms. The van der Waals surface area contributed by atoms with Crippen LogP contribution in [-0.2, 0) is 14.8 Å². The molecule has 0 aliphatic carbocycles. The first kappa shape index (κ1) is 26.5. The summed E-state index contributed by atoms with van der Waals surface area (Å²) in [7, 11) is 0.341. The van der Waals surface area contributed by atoms with Crippen molar-refractivity contribution in [2.24, 2.45) is 5.92 Å². The number of sulfonamides is 1. The molecule has 4 rings (SSSR count). The molecule has 1 saturated heterocycles.